The number of hydrogen-bond donors (Lipinski definition) is 1. The molecule has 0 aliphatic carbocycles. The van der Waals surface area contributed by atoms with Crippen molar-refractivity contribution in [1.82, 2.24) is 0 Å². The number of carboxylic acid groups (broad SMARTS) is 1. The quantitative estimate of drug-likeness (QED) is 0.696. The van der Waals surface area contributed by atoms with Gasteiger partial charge < -0.3 is 5.11 Å². The van der Waals surface area contributed by atoms with Gasteiger partial charge in [-0.25, -0.2) is 4.79 Å². The van der Waals surface area contributed by atoms with E-state index < -0.39 is 5.97 Å². The molecule has 0 spiro atoms. The van der Waals surface area contributed by atoms with Crippen LogP contribution < -0.4 is 0 Å². The van der Waals surface area contributed by atoms with Crippen molar-refractivity contribution in [3.8, 4) is 0 Å². The summed E-state index contributed by atoms with van der Waals surface area (Å²) in [5, 5.41) is 8.77. The summed E-state index contributed by atoms with van der Waals surface area (Å²) in [5.41, 5.74) is 0.956. The fraction of sp³-hybridized carbons (Fsp3) is 0. The van der Waals surface area contributed by atoms with Gasteiger partial charge in [0.25, 0.3) is 0 Å². The number of aliphatic carboxylic acids is 1. The zero-order valence-electron chi connectivity index (χ0n) is 7.51. The van der Waals surface area contributed by atoms with Gasteiger partial charge >= 0.3 is 58.6 Å². The molecule has 0 aliphatic heterocycles. The Morgan fingerprint density at radius 1 is 1.50 bits per heavy atom. The van der Waals surface area contributed by atoms with E-state index in [4.69, 9.17) is 9.44 Å². The van der Waals surface area contributed by atoms with E-state index in [0.717, 1.165) is 17.0 Å². The van der Waals surface area contributed by atoms with Crippen LogP contribution in [0.4, 0.5) is 0 Å². The molecule has 2 rings (SSSR count). The maximum absolute atomic E-state index is 9.25. The van der Waals surface area contributed by atoms with E-state index in [2.05, 4.69) is 6.58 Å². The van der Waals surface area contributed by atoms with Crippen LogP contribution in [0.5, 0.6) is 0 Å². The Labute approximate surface area is 81.9 Å². The Morgan fingerprint density at radius 3 is 2.71 bits per heavy atom. The van der Waals surface area contributed by atoms with E-state index in [9.17, 15) is 4.79 Å². The molecule has 0 amide bonds. The standard InChI is InChI=1S/C7H5BO.C3H4O2/c1-2-4-7-6(3-1)5-8-9-7;1-2-3(4)5/h1-5H;2H,1H2,(H,4,5). The summed E-state index contributed by atoms with van der Waals surface area (Å²) in [7, 11) is 1.70. The molecule has 0 atom stereocenters. The van der Waals surface area contributed by atoms with E-state index in [1.54, 1.807) is 7.13 Å². The molecule has 1 N–H and O–H groups in total. The first-order valence-electron chi connectivity index (χ1n) is 4.01. The van der Waals surface area contributed by atoms with Gasteiger partial charge in [0, 0.05) is 6.08 Å². The summed E-state index contributed by atoms with van der Waals surface area (Å²) < 4.78 is 5.12. The number of carbonyl (C=O) groups is 1. The van der Waals surface area contributed by atoms with Gasteiger partial charge in [0.15, 0.2) is 0 Å². The van der Waals surface area contributed by atoms with Crippen LogP contribution in [0.25, 0.3) is 11.0 Å². The number of fused-ring (bicyclic) bond motifs is 1. The van der Waals surface area contributed by atoms with Crippen molar-refractivity contribution < 1.29 is 14.2 Å². The minimum atomic E-state index is -0.981. The summed E-state index contributed by atoms with van der Waals surface area (Å²) >= 11 is 0. The van der Waals surface area contributed by atoms with Crippen LogP contribution in [-0.2, 0) is 4.79 Å². The normalized spacial score (nSPS) is 8.57. The molecule has 3 nitrogen and oxygen atoms in total. The first-order valence-corrected chi connectivity index (χ1v) is 4.01. The third-order valence-electron chi connectivity index (χ3n) is 1.54. The number of carboxylic acids is 1. The van der Waals surface area contributed by atoms with Crippen LogP contribution in [-0.4, -0.2) is 18.2 Å². The van der Waals surface area contributed by atoms with Crippen molar-refractivity contribution in [1.29, 1.82) is 0 Å². The Kier molecular flexibility index (Phi) is 3.67. The predicted octanol–water partition coefficient (Wildman–Crippen LogP) is 2.03. The average Bonchev–Trinajstić information content (AvgIpc) is 2.66. The number of para-hydroxylation sites is 1. The molecule has 0 fully saturated rings. The van der Waals surface area contributed by atoms with Crippen LogP contribution in [0.1, 0.15) is 0 Å². The molecule has 0 radical (unpaired) electrons. The molecular weight excluding hydrogens is 179 g/mol. The molecule has 1 aromatic heterocycles. The van der Waals surface area contributed by atoms with Gasteiger partial charge in [0.1, 0.15) is 0 Å². The Hall–Kier alpha value is -1.84. The second-order valence-corrected chi connectivity index (χ2v) is 2.50. The van der Waals surface area contributed by atoms with Crippen LogP contribution in [0.15, 0.2) is 47.2 Å². The SMILES string of the molecule is C=CC(=O)O.b1cc2ccccc2o1. The molecule has 0 aliphatic rings. The number of rotatable bonds is 1. The van der Waals surface area contributed by atoms with Crippen molar-refractivity contribution in [2.24, 2.45) is 0 Å². The molecule has 0 unspecified atom stereocenters. The molecular formula is C10H9BO3. The van der Waals surface area contributed by atoms with Crippen molar-refractivity contribution in [2.45, 2.75) is 0 Å². The van der Waals surface area contributed by atoms with Gasteiger partial charge in [-0.15, -0.1) is 0 Å². The van der Waals surface area contributed by atoms with E-state index in [1.807, 2.05) is 30.2 Å². The molecule has 14 heavy (non-hydrogen) atoms. The van der Waals surface area contributed by atoms with Crippen LogP contribution in [0.2, 0.25) is 0 Å². The zero-order chi connectivity index (χ0) is 10.4. The summed E-state index contributed by atoms with van der Waals surface area (Å²) in [6.45, 7) is 2.96. The van der Waals surface area contributed by atoms with Gasteiger partial charge in [-0.05, 0) is 0 Å². The van der Waals surface area contributed by atoms with Gasteiger partial charge in [0.2, 0.25) is 0 Å². The zero-order valence-corrected chi connectivity index (χ0v) is 7.51. The molecule has 0 saturated carbocycles. The Morgan fingerprint density at radius 2 is 2.14 bits per heavy atom. The molecule has 4 heteroatoms. The Balaban J connectivity index is 0.000000171. The van der Waals surface area contributed by atoms with Crippen molar-refractivity contribution in [3.05, 3.63) is 42.9 Å². The second-order valence-electron chi connectivity index (χ2n) is 2.50. The number of benzene rings is 1. The van der Waals surface area contributed by atoms with E-state index >= 15 is 0 Å². The molecule has 0 saturated heterocycles. The Bertz CT molecular complexity index is 403. The second kappa shape index (κ2) is 5.02. The molecule has 1 heterocycles. The third-order valence-corrected chi connectivity index (χ3v) is 1.54. The van der Waals surface area contributed by atoms with Crippen molar-refractivity contribution >= 4 is 24.1 Å². The molecule has 0 bridgehead atoms. The summed E-state index contributed by atoms with van der Waals surface area (Å²) in [6, 6.07) is 7.94. The van der Waals surface area contributed by atoms with Gasteiger partial charge in [-0.2, -0.15) is 0 Å². The fourth-order valence-corrected chi connectivity index (χ4v) is 0.906. The molecule has 2 aromatic rings. The number of hydrogen-bond acceptors (Lipinski definition) is 2. The minimum absolute atomic E-state index is 0.833. The van der Waals surface area contributed by atoms with Gasteiger partial charge in [-0.3, -0.25) is 0 Å². The monoisotopic (exact) mass is 188 g/mol. The molecule has 70 valence electrons. The summed E-state index contributed by atoms with van der Waals surface area (Å²) in [4.78, 5) is 9.25. The van der Waals surface area contributed by atoms with Crippen molar-refractivity contribution in [2.75, 3.05) is 0 Å². The average molecular weight is 188 g/mol. The fourth-order valence-electron chi connectivity index (χ4n) is 0.906. The van der Waals surface area contributed by atoms with E-state index in [0.29, 0.717) is 0 Å². The topological polar surface area (TPSA) is 50.4 Å². The van der Waals surface area contributed by atoms with Gasteiger partial charge in [0.05, 0.1) is 0 Å². The maximum atomic E-state index is 9.25. The predicted molar refractivity (Wildman–Crippen MR) is 55.4 cm³/mol. The van der Waals surface area contributed by atoms with Crippen molar-refractivity contribution in [3.63, 3.8) is 0 Å². The third kappa shape index (κ3) is 2.90. The van der Waals surface area contributed by atoms with E-state index in [1.165, 1.54) is 0 Å². The molecule has 1 aromatic carbocycles. The van der Waals surface area contributed by atoms with Crippen LogP contribution >= 0.6 is 0 Å². The van der Waals surface area contributed by atoms with Gasteiger partial charge in [-0.1, -0.05) is 6.58 Å². The summed E-state index contributed by atoms with van der Waals surface area (Å²) in [6.07, 6.45) is 0.833. The van der Waals surface area contributed by atoms with E-state index in [-0.39, 0.29) is 0 Å². The van der Waals surface area contributed by atoms with Crippen LogP contribution in [0.3, 0.4) is 0 Å². The summed E-state index contributed by atoms with van der Waals surface area (Å²) in [5.74, 6) is 0.972. The van der Waals surface area contributed by atoms with Crippen LogP contribution in [0, 0.1) is 0 Å². The first-order chi connectivity index (χ1) is 6.74. The first kappa shape index (κ1) is 10.2.